The maximum absolute atomic E-state index is 6.35. The van der Waals surface area contributed by atoms with E-state index in [1.165, 1.54) is 0 Å². The van der Waals surface area contributed by atoms with Gasteiger partial charge in [-0.05, 0) is 42.9 Å². The molecule has 0 saturated carbocycles. The lowest BCUT2D eigenvalue weighted by Gasteiger charge is -2.28. The number of hydrogen-bond acceptors (Lipinski definition) is 4. The van der Waals surface area contributed by atoms with E-state index in [-0.39, 0.29) is 12.1 Å². The predicted molar refractivity (Wildman–Crippen MR) is 115 cm³/mol. The van der Waals surface area contributed by atoms with Crippen LogP contribution >= 0.6 is 23.8 Å². The number of ether oxygens (including phenoxy) is 1. The Morgan fingerprint density at radius 3 is 2.64 bits per heavy atom. The third kappa shape index (κ3) is 3.63. The van der Waals surface area contributed by atoms with Gasteiger partial charge in [0.2, 0.25) is 0 Å². The Balaban J connectivity index is 1.70. The minimum atomic E-state index is -0.158. The van der Waals surface area contributed by atoms with Gasteiger partial charge in [-0.2, -0.15) is 0 Å². The zero-order valence-electron chi connectivity index (χ0n) is 15.5. The van der Waals surface area contributed by atoms with Gasteiger partial charge < -0.3 is 10.1 Å². The van der Waals surface area contributed by atoms with Crippen LogP contribution in [0, 0.1) is 0 Å². The first-order valence-corrected chi connectivity index (χ1v) is 9.74. The molecule has 5 nitrogen and oxygen atoms in total. The van der Waals surface area contributed by atoms with Crippen molar-refractivity contribution in [1.82, 2.24) is 10.8 Å². The summed E-state index contributed by atoms with van der Waals surface area (Å²) in [6, 6.07) is 15.5. The summed E-state index contributed by atoms with van der Waals surface area (Å²) in [7, 11) is 1.65. The number of hydrogen-bond donors (Lipinski definition) is 2. The summed E-state index contributed by atoms with van der Waals surface area (Å²) < 4.78 is 5.27. The molecule has 0 bridgehead atoms. The first-order chi connectivity index (χ1) is 13.6. The molecule has 0 aromatic heterocycles. The number of nitrogens with zero attached hydrogens (tertiary/aromatic N) is 1. The van der Waals surface area contributed by atoms with E-state index in [1.807, 2.05) is 55.5 Å². The Kier molecular flexibility index (Phi) is 5.35. The lowest BCUT2D eigenvalue weighted by atomic mass is 9.91. The number of rotatable bonds is 3. The van der Waals surface area contributed by atoms with Crippen LogP contribution in [-0.4, -0.2) is 17.9 Å². The lowest BCUT2D eigenvalue weighted by Crippen LogP contribution is -2.36. The van der Waals surface area contributed by atoms with E-state index in [2.05, 4.69) is 15.8 Å². The van der Waals surface area contributed by atoms with Gasteiger partial charge in [0.15, 0.2) is 5.11 Å². The smallest absolute Gasteiger partial charge is 0.193 e. The fraction of sp³-hybridized carbons (Fsp3) is 0.238. The average molecular weight is 414 g/mol. The topological polar surface area (TPSA) is 54.9 Å². The molecule has 2 unspecified atom stereocenters. The van der Waals surface area contributed by atoms with E-state index in [0.29, 0.717) is 16.6 Å². The zero-order chi connectivity index (χ0) is 19.7. The molecule has 2 atom stereocenters. The lowest BCUT2D eigenvalue weighted by molar-refractivity contribution is 0.0388. The van der Waals surface area contributed by atoms with Crippen LogP contribution in [0.15, 0.2) is 64.8 Å². The molecule has 2 aromatic carbocycles. The van der Waals surface area contributed by atoms with Crippen molar-refractivity contribution in [2.24, 2.45) is 4.99 Å². The van der Waals surface area contributed by atoms with Gasteiger partial charge in [0, 0.05) is 34.0 Å². The highest BCUT2D eigenvalue weighted by Gasteiger charge is 2.32. The second-order valence-electron chi connectivity index (χ2n) is 6.68. The summed E-state index contributed by atoms with van der Waals surface area (Å²) in [6.45, 7) is 1.97. The molecule has 2 aromatic rings. The van der Waals surface area contributed by atoms with Crippen LogP contribution in [-0.2, 0) is 4.84 Å². The maximum atomic E-state index is 6.35. The first kappa shape index (κ1) is 18.9. The van der Waals surface area contributed by atoms with Crippen molar-refractivity contribution in [3.05, 3.63) is 76.0 Å². The van der Waals surface area contributed by atoms with Crippen molar-refractivity contribution in [2.45, 2.75) is 25.5 Å². The normalized spacial score (nSPS) is 24.4. The summed E-state index contributed by atoms with van der Waals surface area (Å²) in [5, 5.41) is 4.49. The number of hydroxylamine groups is 1. The summed E-state index contributed by atoms with van der Waals surface area (Å²) in [5.41, 5.74) is 8.01. The fourth-order valence-electron chi connectivity index (χ4n) is 3.57. The van der Waals surface area contributed by atoms with Crippen LogP contribution < -0.4 is 15.5 Å². The third-order valence-corrected chi connectivity index (χ3v) is 5.51. The maximum Gasteiger partial charge on any atom is 0.193 e. The Bertz CT molecular complexity index is 972. The molecule has 0 spiro atoms. The van der Waals surface area contributed by atoms with Crippen molar-refractivity contribution in [3.8, 4) is 5.75 Å². The van der Waals surface area contributed by atoms with Crippen molar-refractivity contribution < 1.29 is 9.57 Å². The van der Waals surface area contributed by atoms with Gasteiger partial charge >= 0.3 is 0 Å². The minimum absolute atomic E-state index is 0.119. The van der Waals surface area contributed by atoms with Crippen molar-refractivity contribution >= 4 is 34.6 Å². The monoisotopic (exact) mass is 413 g/mol. The van der Waals surface area contributed by atoms with E-state index in [0.717, 1.165) is 33.9 Å². The van der Waals surface area contributed by atoms with Gasteiger partial charge in [-0.3, -0.25) is 10.3 Å². The molecule has 144 valence electrons. The third-order valence-electron chi connectivity index (χ3n) is 4.96. The molecular weight excluding hydrogens is 394 g/mol. The molecule has 2 N–H and O–H groups in total. The van der Waals surface area contributed by atoms with Crippen molar-refractivity contribution in [2.75, 3.05) is 7.11 Å². The summed E-state index contributed by atoms with van der Waals surface area (Å²) >= 11 is 11.7. The molecule has 7 heteroatoms. The Morgan fingerprint density at radius 1 is 1.18 bits per heavy atom. The van der Waals surface area contributed by atoms with Crippen LogP contribution in [0.25, 0.3) is 0 Å². The number of benzene rings is 2. The summed E-state index contributed by atoms with van der Waals surface area (Å²) in [4.78, 5) is 10.3. The molecule has 2 heterocycles. The van der Waals surface area contributed by atoms with Gasteiger partial charge in [0.05, 0.1) is 13.2 Å². The van der Waals surface area contributed by atoms with Gasteiger partial charge in [-0.25, -0.2) is 4.99 Å². The predicted octanol–water partition coefficient (Wildman–Crippen LogP) is 4.66. The second kappa shape index (κ2) is 7.91. The SMILES string of the molecule is COc1ccc(C2NC(=S)N=C(C)/C2=C2/CC(c3ccccc3Cl)ON2)cc1. The quantitative estimate of drug-likeness (QED) is 0.717. The van der Waals surface area contributed by atoms with E-state index < -0.39 is 0 Å². The van der Waals surface area contributed by atoms with Gasteiger partial charge in [0.25, 0.3) is 0 Å². The number of thiocarbonyl (C=S) groups is 1. The molecule has 2 aliphatic heterocycles. The molecule has 2 aliphatic rings. The minimum Gasteiger partial charge on any atom is -0.497 e. The van der Waals surface area contributed by atoms with E-state index >= 15 is 0 Å². The highest BCUT2D eigenvalue weighted by Crippen LogP contribution is 2.38. The van der Waals surface area contributed by atoms with Crippen molar-refractivity contribution in [3.63, 3.8) is 0 Å². The molecule has 0 aliphatic carbocycles. The van der Waals surface area contributed by atoms with E-state index in [1.54, 1.807) is 7.11 Å². The van der Waals surface area contributed by atoms with E-state index in [4.69, 9.17) is 33.4 Å². The highest BCUT2D eigenvalue weighted by molar-refractivity contribution is 7.80. The summed E-state index contributed by atoms with van der Waals surface area (Å²) in [5.74, 6) is 0.808. The van der Waals surface area contributed by atoms with Crippen LogP contribution in [0.4, 0.5) is 0 Å². The largest absolute Gasteiger partial charge is 0.497 e. The molecule has 1 saturated heterocycles. The molecule has 0 amide bonds. The number of halogens is 1. The average Bonchev–Trinajstić information content (AvgIpc) is 3.17. The second-order valence-corrected chi connectivity index (χ2v) is 7.47. The van der Waals surface area contributed by atoms with Gasteiger partial charge in [0.1, 0.15) is 11.9 Å². The molecule has 4 rings (SSSR count). The van der Waals surface area contributed by atoms with Gasteiger partial charge in [-0.1, -0.05) is 41.9 Å². The van der Waals surface area contributed by atoms with Crippen LogP contribution in [0.1, 0.15) is 36.6 Å². The Morgan fingerprint density at radius 2 is 1.93 bits per heavy atom. The van der Waals surface area contributed by atoms with Crippen LogP contribution in [0.5, 0.6) is 5.75 Å². The Hall–Kier alpha value is -2.41. The fourth-order valence-corrected chi connectivity index (χ4v) is 4.09. The molecule has 1 fully saturated rings. The molecule has 28 heavy (non-hydrogen) atoms. The van der Waals surface area contributed by atoms with Crippen LogP contribution in [0.3, 0.4) is 0 Å². The number of nitrogens with one attached hydrogen (secondary N) is 2. The van der Waals surface area contributed by atoms with Crippen LogP contribution in [0.2, 0.25) is 5.02 Å². The number of aliphatic imine (C=N–C) groups is 1. The molecule has 0 radical (unpaired) electrons. The van der Waals surface area contributed by atoms with Crippen molar-refractivity contribution in [1.29, 1.82) is 0 Å². The summed E-state index contributed by atoms with van der Waals surface area (Å²) in [6.07, 6.45) is 0.516. The first-order valence-electron chi connectivity index (χ1n) is 8.96. The van der Waals surface area contributed by atoms with Gasteiger partial charge in [-0.15, -0.1) is 0 Å². The highest BCUT2D eigenvalue weighted by atomic mass is 35.5. The number of methoxy groups -OCH3 is 1. The Labute approximate surface area is 174 Å². The zero-order valence-corrected chi connectivity index (χ0v) is 17.1. The standard InChI is InChI=1S/C21H20ClN3O2S/c1-12-19(17-11-18(27-25-17)15-5-3-4-6-16(15)22)20(24-21(28)23-12)13-7-9-14(26-2)10-8-13/h3-10,18,20,25H,11H2,1-2H3,(H,24,28)/b19-17+. The van der Waals surface area contributed by atoms with E-state index in [9.17, 15) is 0 Å². The molecular formula is C21H20ClN3O2S.